The van der Waals surface area contributed by atoms with E-state index in [1.165, 1.54) is 32.1 Å². The van der Waals surface area contributed by atoms with Crippen LogP contribution in [0.2, 0.25) is 5.02 Å². The molecule has 4 aliphatic rings. The van der Waals surface area contributed by atoms with Gasteiger partial charge in [-0.2, -0.15) is 5.10 Å². The van der Waals surface area contributed by atoms with Crippen LogP contribution in [0.25, 0.3) is 0 Å². The minimum Gasteiger partial charge on any atom is -0.347 e. The predicted molar refractivity (Wildman–Crippen MR) is 81.2 cm³/mol. The third-order valence-corrected chi connectivity index (χ3v) is 6.11. The van der Waals surface area contributed by atoms with Crippen molar-refractivity contribution in [3.05, 3.63) is 16.9 Å². The number of hydrogen-bond acceptors (Lipinski definition) is 2. The highest BCUT2D eigenvalue weighted by atomic mass is 35.5. The molecule has 1 aromatic heterocycles. The molecule has 0 saturated heterocycles. The summed E-state index contributed by atoms with van der Waals surface area (Å²) in [5.41, 5.74) is 0.521. The Labute approximate surface area is 130 Å². The zero-order chi connectivity index (χ0) is 14.6. The average molecular weight is 308 g/mol. The van der Waals surface area contributed by atoms with E-state index in [9.17, 15) is 4.79 Å². The SMILES string of the molecule is CCn1ncc(Cl)c1C(=O)NC1C2CC3CC(C2)CC1C3. The second kappa shape index (κ2) is 5.01. The first-order valence-corrected chi connectivity index (χ1v) is 8.55. The molecule has 0 atom stereocenters. The fourth-order valence-corrected chi connectivity index (χ4v) is 5.44. The van der Waals surface area contributed by atoms with Crippen LogP contribution in [0.3, 0.4) is 0 Å². The van der Waals surface area contributed by atoms with Crippen LogP contribution >= 0.6 is 11.6 Å². The van der Waals surface area contributed by atoms with E-state index in [0.717, 1.165) is 11.8 Å². The molecule has 114 valence electrons. The molecular weight excluding hydrogens is 286 g/mol. The van der Waals surface area contributed by atoms with Gasteiger partial charge in [0.05, 0.1) is 11.2 Å². The lowest BCUT2D eigenvalue weighted by molar-refractivity contribution is -0.0120. The summed E-state index contributed by atoms with van der Waals surface area (Å²) in [5, 5.41) is 7.92. The first-order valence-electron chi connectivity index (χ1n) is 8.17. The van der Waals surface area contributed by atoms with Gasteiger partial charge in [-0.3, -0.25) is 9.48 Å². The van der Waals surface area contributed by atoms with Crippen LogP contribution in [0.4, 0.5) is 0 Å². The zero-order valence-corrected chi connectivity index (χ0v) is 13.1. The van der Waals surface area contributed by atoms with Crippen LogP contribution < -0.4 is 5.32 Å². The number of hydrogen-bond donors (Lipinski definition) is 1. The van der Waals surface area contributed by atoms with Gasteiger partial charge in [-0.1, -0.05) is 11.6 Å². The molecule has 1 aromatic rings. The summed E-state index contributed by atoms with van der Waals surface area (Å²) in [5.74, 6) is 3.16. The van der Waals surface area contributed by atoms with Gasteiger partial charge in [0, 0.05) is 12.6 Å². The van der Waals surface area contributed by atoms with E-state index < -0.39 is 0 Å². The minimum atomic E-state index is -0.0446. The number of rotatable bonds is 3. The van der Waals surface area contributed by atoms with Gasteiger partial charge in [-0.05, 0) is 62.7 Å². The minimum absolute atomic E-state index is 0.0446. The number of nitrogens with one attached hydrogen (secondary N) is 1. The molecule has 4 aliphatic carbocycles. The Morgan fingerprint density at radius 3 is 2.48 bits per heavy atom. The van der Waals surface area contributed by atoms with Crippen LogP contribution in [0.15, 0.2) is 6.20 Å². The third-order valence-electron chi connectivity index (χ3n) is 5.83. The van der Waals surface area contributed by atoms with E-state index in [4.69, 9.17) is 11.6 Å². The van der Waals surface area contributed by atoms with E-state index in [2.05, 4.69) is 10.4 Å². The molecule has 1 heterocycles. The molecule has 5 rings (SSSR count). The summed E-state index contributed by atoms with van der Waals surface area (Å²) in [4.78, 5) is 12.6. The Morgan fingerprint density at radius 2 is 1.90 bits per heavy atom. The highest BCUT2D eigenvalue weighted by molar-refractivity contribution is 6.33. The summed E-state index contributed by atoms with van der Waals surface area (Å²) < 4.78 is 1.69. The highest BCUT2D eigenvalue weighted by Crippen LogP contribution is 2.53. The number of halogens is 1. The number of carbonyl (C=O) groups is 1. The van der Waals surface area contributed by atoms with Gasteiger partial charge in [0.2, 0.25) is 0 Å². The van der Waals surface area contributed by atoms with Crippen LogP contribution in [0, 0.1) is 23.7 Å². The number of aryl methyl sites for hydroxylation is 1. The lowest BCUT2D eigenvalue weighted by Gasteiger charge is -2.54. The number of amides is 1. The Kier molecular flexibility index (Phi) is 3.25. The summed E-state index contributed by atoms with van der Waals surface area (Å²) in [6, 6.07) is 0.349. The summed E-state index contributed by atoms with van der Waals surface area (Å²) in [6.07, 6.45) is 8.22. The summed E-state index contributed by atoms with van der Waals surface area (Å²) >= 11 is 6.14. The van der Waals surface area contributed by atoms with Crippen molar-refractivity contribution in [3.8, 4) is 0 Å². The van der Waals surface area contributed by atoms with E-state index in [-0.39, 0.29) is 5.91 Å². The van der Waals surface area contributed by atoms with Gasteiger partial charge >= 0.3 is 0 Å². The predicted octanol–water partition coefficient (Wildman–Crippen LogP) is 3.11. The largest absolute Gasteiger partial charge is 0.347 e. The second-order valence-corrected chi connectivity index (χ2v) is 7.49. The Hall–Kier alpha value is -1.03. The van der Waals surface area contributed by atoms with Crippen molar-refractivity contribution in [2.75, 3.05) is 0 Å². The molecule has 0 spiro atoms. The molecule has 4 saturated carbocycles. The maximum absolute atomic E-state index is 12.6. The van der Waals surface area contributed by atoms with Gasteiger partial charge in [0.1, 0.15) is 5.69 Å². The van der Waals surface area contributed by atoms with Gasteiger partial charge in [-0.25, -0.2) is 0 Å². The zero-order valence-electron chi connectivity index (χ0n) is 12.4. The van der Waals surface area contributed by atoms with Crippen LogP contribution in [0.1, 0.15) is 49.5 Å². The number of carbonyl (C=O) groups excluding carboxylic acids is 1. The Balaban J connectivity index is 1.53. The maximum atomic E-state index is 12.6. The van der Waals surface area contributed by atoms with Crippen LogP contribution in [-0.2, 0) is 6.54 Å². The van der Waals surface area contributed by atoms with Crippen molar-refractivity contribution in [2.45, 2.75) is 51.6 Å². The fraction of sp³-hybridized carbons (Fsp3) is 0.750. The average Bonchev–Trinajstić information content (AvgIpc) is 2.83. The molecule has 4 nitrogen and oxygen atoms in total. The number of aromatic nitrogens is 2. The molecule has 0 unspecified atom stereocenters. The molecule has 1 amide bonds. The standard InChI is InChI=1S/C16H22ClN3O/c1-2-20-15(13(17)8-18-20)16(21)19-14-11-4-9-3-10(6-11)7-12(14)5-9/h8-12,14H,2-7H2,1H3,(H,19,21). The van der Waals surface area contributed by atoms with Crippen molar-refractivity contribution >= 4 is 17.5 Å². The van der Waals surface area contributed by atoms with Crippen molar-refractivity contribution in [2.24, 2.45) is 23.7 Å². The molecule has 1 N–H and O–H groups in total. The molecule has 0 radical (unpaired) electrons. The van der Waals surface area contributed by atoms with E-state index in [1.807, 2.05) is 6.92 Å². The van der Waals surface area contributed by atoms with Gasteiger partial charge in [0.25, 0.3) is 5.91 Å². The van der Waals surface area contributed by atoms with Crippen LogP contribution in [-0.4, -0.2) is 21.7 Å². The van der Waals surface area contributed by atoms with E-state index in [1.54, 1.807) is 10.9 Å². The summed E-state index contributed by atoms with van der Waals surface area (Å²) in [6.45, 7) is 2.64. The molecular formula is C16H22ClN3O. The van der Waals surface area contributed by atoms with Gasteiger partial charge in [-0.15, -0.1) is 0 Å². The lowest BCUT2D eigenvalue weighted by Crippen LogP contribution is -2.56. The highest BCUT2D eigenvalue weighted by Gasteiger charge is 2.48. The first-order chi connectivity index (χ1) is 10.2. The second-order valence-electron chi connectivity index (χ2n) is 7.09. The molecule has 5 heteroatoms. The third kappa shape index (κ3) is 2.19. The molecule has 4 fully saturated rings. The van der Waals surface area contributed by atoms with Crippen molar-refractivity contribution < 1.29 is 4.79 Å². The van der Waals surface area contributed by atoms with Gasteiger partial charge < -0.3 is 5.32 Å². The van der Waals surface area contributed by atoms with Crippen molar-refractivity contribution in [3.63, 3.8) is 0 Å². The molecule has 4 bridgehead atoms. The molecule has 21 heavy (non-hydrogen) atoms. The number of nitrogens with zero attached hydrogens (tertiary/aromatic N) is 2. The fourth-order valence-electron chi connectivity index (χ4n) is 5.21. The van der Waals surface area contributed by atoms with Crippen molar-refractivity contribution in [1.82, 2.24) is 15.1 Å². The van der Waals surface area contributed by atoms with Crippen LogP contribution in [0.5, 0.6) is 0 Å². The topological polar surface area (TPSA) is 46.9 Å². The van der Waals surface area contributed by atoms with Gasteiger partial charge in [0.15, 0.2) is 0 Å². The Bertz CT molecular complexity index is 540. The maximum Gasteiger partial charge on any atom is 0.271 e. The molecule has 0 aromatic carbocycles. The normalized spacial score (nSPS) is 37.0. The first kappa shape index (κ1) is 13.6. The van der Waals surface area contributed by atoms with Crippen molar-refractivity contribution in [1.29, 1.82) is 0 Å². The smallest absolute Gasteiger partial charge is 0.271 e. The van der Waals surface area contributed by atoms with E-state index >= 15 is 0 Å². The quantitative estimate of drug-likeness (QED) is 0.932. The monoisotopic (exact) mass is 307 g/mol. The van der Waals surface area contributed by atoms with E-state index in [0.29, 0.717) is 35.1 Å². The summed E-state index contributed by atoms with van der Waals surface area (Å²) in [7, 11) is 0. The Morgan fingerprint density at radius 1 is 1.29 bits per heavy atom. The molecule has 0 aliphatic heterocycles. The lowest BCUT2D eigenvalue weighted by atomic mass is 9.54.